The smallest absolute Gasteiger partial charge is 0.258 e. The van der Waals surface area contributed by atoms with Gasteiger partial charge < -0.3 is 0 Å². The average molecular weight is 390 g/mol. The largest absolute Gasteiger partial charge is 0.298 e. The van der Waals surface area contributed by atoms with Crippen molar-refractivity contribution in [2.45, 2.75) is 13.0 Å². The molecule has 24 heavy (non-hydrogen) atoms. The van der Waals surface area contributed by atoms with Gasteiger partial charge in [0.25, 0.3) is 5.91 Å². The Kier molecular flexibility index (Phi) is 4.60. The molecule has 3 rings (SSSR count). The highest BCUT2D eigenvalue weighted by Gasteiger charge is 2.26. The standard InChI is InChI=1S/C14H13ClFN3O3S2/c1-24(21,22)19-5-4-11-12(7-19)23-14(17-11)18-13(20)9-3-2-8(16)6-10(9)15/h2-3,6H,4-5,7H2,1H3,(H,17,18,20). The van der Waals surface area contributed by atoms with Crippen molar-refractivity contribution in [2.24, 2.45) is 0 Å². The molecule has 6 nitrogen and oxygen atoms in total. The van der Waals surface area contributed by atoms with Crippen molar-refractivity contribution in [3.05, 3.63) is 45.2 Å². The monoisotopic (exact) mass is 389 g/mol. The molecule has 1 aliphatic rings. The molecule has 0 radical (unpaired) electrons. The molecule has 2 aromatic rings. The van der Waals surface area contributed by atoms with Gasteiger partial charge in [0.15, 0.2) is 5.13 Å². The van der Waals surface area contributed by atoms with Crippen LogP contribution in [0.2, 0.25) is 5.02 Å². The van der Waals surface area contributed by atoms with Gasteiger partial charge >= 0.3 is 0 Å². The summed E-state index contributed by atoms with van der Waals surface area (Å²) in [6.07, 6.45) is 1.66. The number of hydrogen-bond acceptors (Lipinski definition) is 5. The van der Waals surface area contributed by atoms with E-state index in [1.165, 1.54) is 21.7 Å². The Labute approximate surface area is 147 Å². The van der Waals surface area contributed by atoms with Crippen LogP contribution in [0.1, 0.15) is 20.9 Å². The lowest BCUT2D eigenvalue weighted by molar-refractivity contribution is 0.102. The molecule has 0 bridgehead atoms. The van der Waals surface area contributed by atoms with E-state index in [2.05, 4.69) is 10.3 Å². The average Bonchev–Trinajstić information content (AvgIpc) is 2.87. The van der Waals surface area contributed by atoms with Crippen LogP contribution in [0.5, 0.6) is 0 Å². The maximum atomic E-state index is 13.0. The molecule has 0 fully saturated rings. The lowest BCUT2D eigenvalue weighted by atomic mass is 10.2. The summed E-state index contributed by atoms with van der Waals surface area (Å²) in [4.78, 5) is 17.4. The van der Waals surface area contributed by atoms with E-state index < -0.39 is 21.7 Å². The fourth-order valence-corrected chi connectivity index (χ4v) is 4.49. The first kappa shape index (κ1) is 17.3. The number of halogens is 2. The van der Waals surface area contributed by atoms with Gasteiger partial charge in [-0.3, -0.25) is 10.1 Å². The normalized spacial score (nSPS) is 15.1. The number of fused-ring (bicyclic) bond motifs is 1. The number of amides is 1. The van der Waals surface area contributed by atoms with Gasteiger partial charge in [-0.05, 0) is 18.2 Å². The molecule has 0 unspecified atom stereocenters. The van der Waals surface area contributed by atoms with Crippen molar-refractivity contribution in [1.82, 2.24) is 9.29 Å². The quantitative estimate of drug-likeness (QED) is 0.874. The van der Waals surface area contributed by atoms with Gasteiger partial charge in [0.1, 0.15) is 5.82 Å². The van der Waals surface area contributed by atoms with Crippen LogP contribution in [-0.2, 0) is 23.0 Å². The van der Waals surface area contributed by atoms with Crippen LogP contribution in [0.4, 0.5) is 9.52 Å². The molecule has 0 saturated heterocycles. The van der Waals surface area contributed by atoms with Gasteiger partial charge in [-0.1, -0.05) is 11.6 Å². The number of nitrogens with one attached hydrogen (secondary N) is 1. The molecule has 0 atom stereocenters. The molecule has 0 spiro atoms. The second kappa shape index (κ2) is 6.40. The summed E-state index contributed by atoms with van der Waals surface area (Å²) < 4.78 is 37.7. The van der Waals surface area contributed by atoms with E-state index in [0.717, 1.165) is 29.0 Å². The maximum absolute atomic E-state index is 13.0. The number of sulfonamides is 1. The number of hydrogen-bond donors (Lipinski definition) is 1. The molecular formula is C14H13ClFN3O3S2. The topological polar surface area (TPSA) is 79.4 Å². The van der Waals surface area contributed by atoms with E-state index in [1.54, 1.807) is 0 Å². The third-order valence-electron chi connectivity index (χ3n) is 3.56. The van der Waals surface area contributed by atoms with Gasteiger partial charge in [-0.15, -0.1) is 11.3 Å². The zero-order valence-corrected chi connectivity index (χ0v) is 14.9. The van der Waals surface area contributed by atoms with Crippen molar-refractivity contribution in [3.63, 3.8) is 0 Å². The maximum Gasteiger partial charge on any atom is 0.258 e. The number of anilines is 1. The molecule has 128 valence electrons. The van der Waals surface area contributed by atoms with Crippen molar-refractivity contribution in [2.75, 3.05) is 18.1 Å². The highest BCUT2D eigenvalue weighted by Crippen LogP contribution is 2.30. The van der Waals surface area contributed by atoms with Gasteiger partial charge in [0.2, 0.25) is 10.0 Å². The number of rotatable bonds is 3. The van der Waals surface area contributed by atoms with Crippen LogP contribution in [0.15, 0.2) is 18.2 Å². The van der Waals surface area contributed by atoms with Crippen molar-refractivity contribution >= 4 is 44.0 Å². The highest BCUT2D eigenvalue weighted by molar-refractivity contribution is 7.88. The lowest BCUT2D eigenvalue weighted by Crippen LogP contribution is -2.34. The summed E-state index contributed by atoms with van der Waals surface area (Å²) in [5.74, 6) is -1.02. The van der Waals surface area contributed by atoms with E-state index in [1.807, 2.05) is 0 Å². The summed E-state index contributed by atoms with van der Waals surface area (Å²) in [5, 5.41) is 3.00. The van der Waals surface area contributed by atoms with Crippen molar-refractivity contribution in [1.29, 1.82) is 0 Å². The zero-order chi connectivity index (χ0) is 17.5. The van der Waals surface area contributed by atoms with Crippen LogP contribution in [-0.4, -0.2) is 36.4 Å². The van der Waals surface area contributed by atoms with Crippen LogP contribution >= 0.6 is 22.9 Å². The minimum Gasteiger partial charge on any atom is -0.298 e. The molecule has 1 aromatic heterocycles. The molecule has 0 aliphatic carbocycles. The summed E-state index contributed by atoms with van der Waals surface area (Å²) in [6.45, 7) is 0.617. The van der Waals surface area contributed by atoms with Gasteiger partial charge in [0.05, 0.1) is 22.5 Å². The van der Waals surface area contributed by atoms with Gasteiger partial charge in [-0.25, -0.2) is 17.8 Å². The minimum absolute atomic E-state index is 0.0112. The summed E-state index contributed by atoms with van der Waals surface area (Å²) >= 11 is 7.09. The van der Waals surface area contributed by atoms with E-state index in [9.17, 15) is 17.6 Å². The molecule has 1 amide bonds. The Morgan fingerprint density at radius 1 is 1.46 bits per heavy atom. The summed E-state index contributed by atoms with van der Waals surface area (Å²) in [7, 11) is -3.26. The second-order valence-electron chi connectivity index (χ2n) is 5.31. The van der Waals surface area contributed by atoms with Crippen LogP contribution in [0.25, 0.3) is 0 Å². The van der Waals surface area contributed by atoms with E-state index >= 15 is 0 Å². The highest BCUT2D eigenvalue weighted by atomic mass is 35.5. The van der Waals surface area contributed by atoms with Crippen LogP contribution < -0.4 is 5.32 Å². The van der Waals surface area contributed by atoms with E-state index in [4.69, 9.17) is 11.6 Å². The first-order valence-corrected chi connectivity index (χ1v) is 9.98. The third kappa shape index (κ3) is 3.59. The first-order chi connectivity index (χ1) is 11.2. The van der Waals surface area contributed by atoms with Crippen molar-refractivity contribution in [3.8, 4) is 0 Å². The number of nitrogens with zero attached hydrogens (tertiary/aromatic N) is 2. The number of thiazole rings is 1. The van der Waals surface area contributed by atoms with E-state index in [-0.39, 0.29) is 17.1 Å². The summed E-state index contributed by atoms with van der Waals surface area (Å²) in [6, 6.07) is 3.51. The van der Waals surface area contributed by atoms with Gasteiger partial charge in [-0.2, -0.15) is 4.31 Å². The lowest BCUT2D eigenvalue weighted by Gasteiger charge is -2.23. The number of aromatic nitrogens is 1. The molecule has 1 N–H and O–H groups in total. The Balaban J connectivity index is 1.78. The third-order valence-corrected chi connectivity index (χ3v) is 6.12. The fourth-order valence-electron chi connectivity index (χ4n) is 2.35. The molecule has 0 saturated carbocycles. The Morgan fingerprint density at radius 3 is 2.88 bits per heavy atom. The Hall–Kier alpha value is -1.55. The SMILES string of the molecule is CS(=O)(=O)N1CCc2nc(NC(=O)c3ccc(F)cc3Cl)sc2C1. The molecular weight excluding hydrogens is 377 g/mol. The first-order valence-electron chi connectivity index (χ1n) is 6.94. The molecule has 1 aromatic carbocycles. The summed E-state index contributed by atoms with van der Waals surface area (Å²) in [5.41, 5.74) is 0.921. The minimum atomic E-state index is -3.26. The van der Waals surface area contributed by atoms with Crippen LogP contribution in [0, 0.1) is 5.82 Å². The molecule has 10 heteroatoms. The predicted molar refractivity (Wildman–Crippen MR) is 90.4 cm³/mol. The zero-order valence-electron chi connectivity index (χ0n) is 12.5. The number of benzene rings is 1. The molecule has 1 aliphatic heterocycles. The number of carbonyl (C=O) groups is 1. The number of carbonyl (C=O) groups excluding carboxylic acids is 1. The predicted octanol–water partition coefficient (Wildman–Crippen LogP) is 2.51. The van der Waals surface area contributed by atoms with E-state index in [0.29, 0.717) is 18.1 Å². The Morgan fingerprint density at radius 2 is 2.21 bits per heavy atom. The fraction of sp³-hybridized carbons (Fsp3) is 0.286. The van der Waals surface area contributed by atoms with Crippen molar-refractivity contribution < 1.29 is 17.6 Å². The van der Waals surface area contributed by atoms with Crippen LogP contribution in [0.3, 0.4) is 0 Å². The molecule has 2 heterocycles. The van der Waals surface area contributed by atoms with Gasteiger partial charge in [0, 0.05) is 24.4 Å². The second-order valence-corrected chi connectivity index (χ2v) is 8.79. The Bertz CT molecular complexity index is 914.